The summed E-state index contributed by atoms with van der Waals surface area (Å²) in [7, 11) is 4.82. The number of aromatic nitrogens is 2. The maximum Gasteiger partial charge on any atom is 0.359 e. The number of esters is 1. The monoisotopic (exact) mass is 495 g/mol. The van der Waals surface area contributed by atoms with Gasteiger partial charge < -0.3 is 19.1 Å². The molecule has 9 heteroatoms. The molecule has 0 atom stereocenters. The van der Waals surface area contributed by atoms with E-state index in [4.69, 9.17) is 14.2 Å². The lowest BCUT2D eigenvalue weighted by Gasteiger charge is -2.18. The van der Waals surface area contributed by atoms with E-state index < -0.39 is 5.97 Å². The van der Waals surface area contributed by atoms with E-state index in [9.17, 15) is 14.0 Å². The Morgan fingerprint density at radius 3 is 2.47 bits per heavy atom. The molecular weight excluding hydrogens is 465 g/mol. The molecule has 0 N–H and O–H groups in total. The minimum Gasteiger partial charge on any atom is -0.493 e. The van der Waals surface area contributed by atoms with Crippen molar-refractivity contribution in [3.8, 4) is 17.2 Å². The molecule has 0 unspecified atom stereocenters. The van der Waals surface area contributed by atoms with Crippen LogP contribution in [0.15, 0.2) is 42.5 Å². The molecule has 1 aliphatic rings. The van der Waals surface area contributed by atoms with Gasteiger partial charge >= 0.3 is 5.97 Å². The number of rotatable bonds is 9. The molecule has 1 heterocycles. The van der Waals surface area contributed by atoms with E-state index in [1.807, 2.05) is 18.2 Å². The summed E-state index contributed by atoms with van der Waals surface area (Å²) in [6.45, 7) is 0.0694. The molecule has 8 nitrogen and oxygen atoms in total. The molecular formula is C27H30FN3O5. The second-order valence-electron chi connectivity index (χ2n) is 8.70. The van der Waals surface area contributed by atoms with Gasteiger partial charge in [0.15, 0.2) is 23.8 Å². The molecule has 0 fully saturated rings. The van der Waals surface area contributed by atoms with Gasteiger partial charge in [0.2, 0.25) is 0 Å². The Balaban J connectivity index is 1.38. The highest BCUT2D eigenvalue weighted by atomic mass is 19.1. The molecule has 3 aromatic rings. The van der Waals surface area contributed by atoms with Crippen LogP contribution in [0.1, 0.15) is 40.2 Å². The van der Waals surface area contributed by atoms with Crippen LogP contribution in [0.5, 0.6) is 11.5 Å². The first kappa shape index (κ1) is 25.2. The SMILES string of the molecule is COc1ccc(CCN(C)C(=O)COC(=O)c2nn(-c3ccc(F)cc3)c3c2CCCC3)cc1OC. The zero-order valence-electron chi connectivity index (χ0n) is 20.8. The Morgan fingerprint density at radius 2 is 1.75 bits per heavy atom. The highest BCUT2D eigenvalue weighted by Gasteiger charge is 2.27. The minimum atomic E-state index is -0.629. The number of nitrogens with zero attached hydrogens (tertiary/aromatic N) is 3. The molecule has 36 heavy (non-hydrogen) atoms. The fourth-order valence-corrected chi connectivity index (χ4v) is 4.32. The number of methoxy groups -OCH3 is 2. The van der Waals surface area contributed by atoms with Crippen LogP contribution in [0.3, 0.4) is 0 Å². The van der Waals surface area contributed by atoms with Crippen molar-refractivity contribution in [1.29, 1.82) is 0 Å². The van der Waals surface area contributed by atoms with Gasteiger partial charge in [0, 0.05) is 24.8 Å². The third kappa shape index (κ3) is 5.50. The number of hydrogen-bond acceptors (Lipinski definition) is 6. The van der Waals surface area contributed by atoms with Crippen LogP contribution in [0.25, 0.3) is 5.69 Å². The van der Waals surface area contributed by atoms with E-state index in [2.05, 4.69) is 5.10 Å². The van der Waals surface area contributed by atoms with Gasteiger partial charge in [-0.1, -0.05) is 6.07 Å². The van der Waals surface area contributed by atoms with E-state index in [-0.39, 0.29) is 24.0 Å². The zero-order chi connectivity index (χ0) is 25.7. The van der Waals surface area contributed by atoms with Crippen molar-refractivity contribution in [2.24, 2.45) is 0 Å². The highest BCUT2D eigenvalue weighted by molar-refractivity contribution is 5.91. The first-order valence-corrected chi connectivity index (χ1v) is 11.9. The summed E-state index contributed by atoms with van der Waals surface area (Å²) in [6, 6.07) is 11.6. The fraction of sp³-hybridized carbons (Fsp3) is 0.370. The van der Waals surface area contributed by atoms with E-state index in [0.717, 1.165) is 36.1 Å². The summed E-state index contributed by atoms with van der Waals surface area (Å²) in [5, 5.41) is 4.49. The lowest BCUT2D eigenvalue weighted by molar-refractivity contribution is -0.133. The standard InChI is InChI=1S/C27H30FN3O5/c1-30(15-14-18-8-13-23(34-2)24(16-18)35-3)25(32)17-36-27(33)26-21-6-4-5-7-22(21)31(29-26)20-11-9-19(28)10-12-20/h8-13,16H,4-7,14-15,17H2,1-3H3. The Hall–Kier alpha value is -3.88. The van der Waals surface area contributed by atoms with Crippen LogP contribution in [-0.4, -0.2) is 61.0 Å². The minimum absolute atomic E-state index is 0.217. The van der Waals surface area contributed by atoms with Gasteiger partial charge in [0.1, 0.15) is 5.82 Å². The van der Waals surface area contributed by atoms with Crippen molar-refractivity contribution in [1.82, 2.24) is 14.7 Å². The molecule has 1 aromatic heterocycles. The number of fused-ring (bicyclic) bond motifs is 1. The van der Waals surface area contributed by atoms with E-state index >= 15 is 0 Å². The van der Waals surface area contributed by atoms with E-state index in [1.165, 1.54) is 17.0 Å². The normalized spacial score (nSPS) is 12.6. The summed E-state index contributed by atoms with van der Waals surface area (Å²) in [4.78, 5) is 27.0. The van der Waals surface area contributed by atoms with Crippen LogP contribution >= 0.6 is 0 Å². The second-order valence-corrected chi connectivity index (χ2v) is 8.70. The summed E-state index contributed by atoms with van der Waals surface area (Å²) >= 11 is 0. The fourth-order valence-electron chi connectivity index (χ4n) is 4.32. The molecule has 0 bridgehead atoms. The molecule has 0 saturated carbocycles. The van der Waals surface area contributed by atoms with Crippen molar-refractivity contribution in [3.63, 3.8) is 0 Å². The number of ether oxygens (including phenoxy) is 3. The van der Waals surface area contributed by atoms with Gasteiger partial charge in [0.05, 0.1) is 19.9 Å². The van der Waals surface area contributed by atoms with Crippen molar-refractivity contribution in [2.75, 3.05) is 34.4 Å². The quantitative estimate of drug-likeness (QED) is 0.421. The largest absolute Gasteiger partial charge is 0.493 e. The average Bonchev–Trinajstić information content (AvgIpc) is 3.30. The molecule has 4 rings (SSSR count). The summed E-state index contributed by atoms with van der Waals surface area (Å²) < 4.78 is 31.0. The number of carbonyl (C=O) groups is 2. The van der Waals surface area contributed by atoms with Crippen LogP contribution in [0, 0.1) is 5.82 Å². The second kappa shape index (κ2) is 11.2. The maximum atomic E-state index is 13.4. The van der Waals surface area contributed by atoms with Gasteiger partial charge in [-0.15, -0.1) is 0 Å². The van der Waals surface area contributed by atoms with Crippen LogP contribution in [0.2, 0.25) is 0 Å². The van der Waals surface area contributed by atoms with Gasteiger partial charge in [-0.2, -0.15) is 5.10 Å². The molecule has 0 saturated heterocycles. The lowest BCUT2D eigenvalue weighted by atomic mass is 9.95. The number of benzene rings is 2. The first-order valence-electron chi connectivity index (χ1n) is 11.9. The molecule has 0 radical (unpaired) electrons. The third-order valence-corrected chi connectivity index (χ3v) is 6.38. The highest BCUT2D eigenvalue weighted by Crippen LogP contribution is 2.28. The maximum absolute atomic E-state index is 13.4. The Labute approximate surface area is 209 Å². The predicted molar refractivity (Wildman–Crippen MR) is 131 cm³/mol. The van der Waals surface area contributed by atoms with Gasteiger partial charge in [0.25, 0.3) is 5.91 Å². The molecule has 0 aliphatic heterocycles. The van der Waals surface area contributed by atoms with Crippen molar-refractivity contribution in [2.45, 2.75) is 32.1 Å². The smallest absolute Gasteiger partial charge is 0.359 e. The summed E-state index contributed by atoms with van der Waals surface area (Å²) in [5.74, 6) is -0.0116. The number of halogens is 1. The Bertz CT molecular complexity index is 1240. The topological polar surface area (TPSA) is 82.9 Å². The average molecular weight is 496 g/mol. The Kier molecular flexibility index (Phi) is 7.87. The molecule has 190 valence electrons. The molecule has 2 aromatic carbocycles. The Morgan fingerprint density at radius 1 is 1.03 bits per heavy atom. The van der Waals surface area contributed by atoms with Crippen LogP contribution in [-0.2, 0) is 28.8 Å². The van der Waals surface area contributed by atoms with Crippen molar-refractivity contribution >= 4 is 11.9 Å². The van der Waals surface area contributed by atoms with Gasteiger partial charge in [-0.3, -0.25) is 4.79 Å². The van der Waals surface area contributed by atoms with Crippen molar-refractivity contribution in [3.05, 3.63) is 70.8 Å². The number of amides is 1. The first-order chi connectivity index (χ1) is 17.4. The van der Waals surface area contributed by atoms with E-state index in [1.54, 1.807) is 38.1 Å². The van der Waals surface area contributed by atoms with Crippen molar-refractivity contribution < 1.29 is 28.2 Å². The molecule has 1 amide bonds. The molecule has 0 spiro atoms. The van der Waals surface area contributed by atoms with Crippen LogP contribution in [0.4, 0.5) is 4.39 Å². The number of likely N-dealkylation sites (N-methyl/N-ethyl adjacent to an activating group) is 1. The summed E-state index contributed by atoms with van der Waals surface area (Å²) in [6.07, 6.45) is 4.01. The van der Waals surface area contributed by atoms with Gasteiger partial charge in [-0.25, -0.2) is 13.9 Å². The number of hydrogen-bond donors (Lipinski definition) is 0. The predicted octanol–water partition coefficient (Wildman–Crippen LogP) is 3.77. The van der Waals surface area contributed by atoms with Crippen LogP contribution < -0.4 is 9.47 Å². The van der Waals surface area contributed by atoms with E-state index in [0.29, 0.717) is 36.6 Å². The van der Waals surface area contributed by atoms with Gasteiger partial charge in [-0.05, 0) is 74.1 Å². The molecule has 1 aliphatic carbocycles. The lowest BCUT2D eigenvalue weighted by Crippen LogP contribution is -2.33. The zero-order valence-corrected chi connectivity index (χ0v) is 20.8. The summed E-state index contributed by atoms with van der Waals surface area (Å²) in [5.41, 5.74) is 3.65. The third-order valence-electron chi connectivity index (χ3n) is 6.38. The number of carbonyl (C=O) groups excluding carboxylic acids is 2.